The lowest BCUT2D eigenvalue weighted by Gasteiger charge is -2.27. The monoisotopic (exact) mass is 785 g/mol. The molecule has 0 saturated carbocycles. The van der Waals surface area contributed by atoms with Gasteiger partial charge in [0.1, 0.15) is 0 Å². The average Bonchev–Trinajstić information content (AvgIpc) is 3.32. The molecule has 2 amide bonds. The Balaban J connectivity index is 1.38. The number of carbonyl (C=O) groups is 2. The predicted octanol–water partition coefficient (Wildman–Crippen LogP) is 8.18. The van der Waals surface area contributed by atoms with Gasteiger partial charge in [0.2, 0.25) is 20.0 Å². The van der Waals surface area contributed by atoms with Crippen LogP contribution in [-0.4, -0.2) is 68.3 Å². The summed E-state index contributed by atoms with van der Waals surface area (Å²) < 4.78 is 60.7. The summed E-state index contributed by atoms with van der Waals surface area (Å²) in [5, 5.41) is 0. The van der Waals surface area contributed by atoms with Gasteiger partial charge in [0, 0.05) is 32.7 Å². The van der Waals surface area contributed by atoms with Crippen LogP contribution in [0.5, 0.6) is 0 Å². The van der Waals surface area contributed by atoms with E-state index in [2.05, 4.69) is 20.8 Å². The minimum atomic E-state index is -3.99. The molecule has 55 heavy (non-hydrogen) atoms. The van der Waals surface area contributed by atoms with Crippen LogP contribution in [-0.2, 0) is 32.0 Å². The lowest BCUT2D eigenvalue weighted by atomic mass is 9.87. The zero-order valence-electron chi connectivity index (χ0n) is 33.7. The molecule has 0 aromatic heterocycles. The summed E-state index contributed by atoms with van der Waals surface area (Å²) in [5.41, 5.74) is 7.26. The van der Waals surface area contributed by atoms with Crippen molar-refractivity contribution in [3.05, 3.63) is 128 Å². The van der Waals surface area contributed by atoms with Crippen LogP contribution in [0.25, 0.3) is 0 Å². The van der Waals surface area contributed by atoms with Gasteiger partial charge < -0.3 is 0 Å². The molecule has 0 atom stereocenters. The number of aryl methyl sites for hydroxylation is 6. The Morgan fingerprint density at radius 2 is 0.964 bits per heavy atom. The van der Waals surface area contributed by atoms with Gasteiger partial charge in [0.25, 0.3) is 11.8 Å². The summed E-state index contributed by atoms with van der Waals surface area (Å²) in [4.78, 5) is 27.8. The number of amides is 2. The molecule has 0 bridgehead atoms. The molecule has 4 aromatic carbocycles. The zero-order valence-corrected chi connectivity index (χ0v) is 35.3. The van der Waals surface area contributed by atoms with E-state index in [1.54, 1.807) is 38.1 Å². The van der Waals surface area contributed by atoms with Gasteiger partial charge in [0.15, 0.2) is 0 Å². The minimum Gasteiger partial charge on any atom is -0.274 e. The van der Waals surface area contributed by atoms with Gasteiger partial charge in [-0.3, -0.25) is 14.5 Å². The topological polar surface area (TPSA) is 112 Å². The summed E-state index contributed by atoms with van der Waals surface area (Å²) in [6, 6.07) is 22.2. The maximum Gasteiger partial charge on any atom is 0.261 e. The molecule has 5 rings (SSSR count). The van der Waals surface area contributed by atoms with Crippen molar-refractivity contribution in [2.75, 3.05) is 26.2 Å². The SMILES string of the molecule is Cc1cc(C)c(S(=O)(=O)N(CCCCN(Cc2ccc(C(C)(C)C)cc2)S(=O)(=O)c2c(C)cc(C)cc2C)CCCN2C(=O)c3ccccc3C2=O)c(C)c1. The van der Waals surface area contributed by atoms with Crippen molar-refractivity contribution in [3.63, 3.8) is 0 Å². The number of rotatable bonds is 15. The van der Waals surface area contributed by atoms with E-state index < -0.39 is 20.0 Å². The lowest BCUT2D eigenvalue weighted by molar-refractivity contribution is 0.0650. The third-order valence-corrected chi connectivity index (χ3v) is 14.7. The minimum absolute atomic E-state index is 0.0488. The fourth-order valence-corrected chi connectivity index (χ4v) is 11.6. The van der Waals surface area contributed by atoms with E-state index in [0.29, 0.717) is 51.1 Å². The highest BCUT2D eigenvalue weighted by Crippen LogP contribution is 2.30. The van der Waals surface area contributed by atoms with Gasteiger partial charge in [-0.05, 0) is 112 Å². The highest BCUT2D eigenvalue weighted by molar-refractivity contribution is 7.89. The normalized spacial score (nSPS) is 13.7. The number of sulfonamides is 2. The van der Waals surface area contributed by atoms with E-state index in [-0.39, 0.29) is 61.3 Å². The van der Waals surface area contributed by atoms with E-state index in [1.165, 1.54) is 13.5 Å². The van der Waals surface area contributed by atoms with Crippen molar-refractivity contribution in [1.29, 1.82) is 0 Å². The summed E-state index contributed by atoms with van der Waals surface area (Å²) in [6.07, 6.45) is 1.03. The van der Waals surface area contributed by atoms with E-state index in [4.69, 9.17) is 0 Å². The fraction of sp³-hybridized carbons (Fsp3) is 0.409. The van der Waals surface area contributed by atoms with Crippen molar-refractivity contribution >= 4 is 31.9 Å². The molecule has 0 fully saturated rings. The first kappa shape index (κ1) is 42.0. The van der Waals surface area contributed by atoms with Crippen LogP contribution >= 0.6 is 0 Å². The van der Waals surface area contributed by atoms with Crippen LogP contribution in [0.1, 0.15) is 105 Å². The Morgan fingerprint density at radius 1 is 0.564 bits per heavy atom. The molecular formula is C44H55N3O6S2. The highest BCUT2D eigenvalue weighted by Gasteiger charge is 2.36. The summed E-state index contributed by atoms with van der Waals surface area (Å²) in [5.74, 6) is -0.762. The zero-order chi connectivity index (χ0) is 40.5. The molecule has 4 aromatic rings. The molecule has 1 heterocycles. The van der Waals surface area contributed by atoms with Crippen LogP contribution in [0.2, 0.25) is 0 Å². The van der Waals surface area contributed by atoms with Crippen LogP contribution in [0.3, 0.4) is 0 Å². The van der Waals surface area contributed by atoms with Crippen molar-refractivity contribution in [2.24, 2.45) is 0 Å². The predicted molar refractivity (Wildman–Crippen MR) is 218 cm³/mol. The van der Waals surface area contributed by atoms with Crippen molar-refractivity contribution < 1.29 is 26.4 Å². The lowest BCUT2D eigenvalue weighted by Crippen LogP contribution is -2.38. The van der Waals surface area contributed by atoms with E-state index in [1.807, 2.05) is 76.2 Å². The number of carbonyl (C=O) groups excluding carboxylic acids is 2. The second kappa shape index (κ2) is 16.5. The van der Waals surface area contributed by atoms with Gasteiger partial charge in [-0.25, -0.2) is 16.8 Å². The number of fused-ring (bicyclic) bond motifs is 1. The standard InChI is InChI=1S/C44H55N3O6S2/c1-30-25-32(3)40(33(4)26-30)54(50,51)45(23-14-24-47-42(48)38-15-10-11-16-39(38)43(47)49)21-12-13-22-46(29-36-17-19-37(20-18-36)44(7,8)9)55(52,53)41-34(5)27-31(2)28-35(41)6/h10-11,15-20,25-28H,12-14,21-24,29H2,1-9H3. The molecule has 0 saturated heterocycles. The van der Waals surface area contributed by atoms with Crippen LogP contribution in [0, 0.1) is 41.5 Å². The first-order valence-electron chi connectivity index (χ1n) is 18.9. The third-order valence-electron chi connectivity index (χ3n) is 10.3. The van der Waals surface area contributed by atoms with Gasteiger partial charge in [0.05, 0.1) is 20.9 Å². The quantitative estimate of drug-likeness (QED) is 0.0888. The van der Waals surface area contributed by atoms with Crippen LogP contribution in [0.15, 0.2) is 82.6 Å². The molecule has 0 aliphatic carbocycles. The van der Waals surface area contributed by atoms with Crippen LogP contribution in [0.4, 0.5) is 0 Å². The number of benzene rings is 4. The van der Waals surface area contributed by atoms with Crippen LogP contribution < -0.4 is 0 Å². The van der Waals surface area contributed by atoms with Crippen molar-refractivity contribution in [1.82, 2.24) is 13.5 Å². The second-order valence-electron chi connectivity index (χ2n) is 16.0. The van der Waals surface area contributed by atoms with E-state index >= 15 is 0 Å². The second-order valence-corrected chi connectivity index (χ2v) is 19.8. The molecule has 9 nitrogen and oxygen atoms in total. The molecule has 294 valence electrons. The van der Waals surface area contributed by atoms with Crippen molar-refractivity contribution in [2.45, 2.75) is 103 Å². The molecular weight excluding hydrogens is 731 g/mol. The smallest absolute Gasteiger partial charge is 0.261 e. The number of nitrogens with zero attached hydrogens (tertiary/aromatic N) is 3. The highest BCUT2D eigenvalue weighted by atomic mass is 32.2. The molecule has 1 aliphatic heterocycles. The number of hydrogen-bond donors (Lipinski definition) is 0. The fourth-order valence-electron chi connectivity index (χ4n) is 7.78. The third kappa shape index (κ3) is 9.12. The summed E-state index contributed by atoms with van der Waals surface area (Å²) in [6.45, 7) is 18.1. The largest absolute Gasteiger partial charge is 0.274 e. The van der Waals surface area contributed by atoms with Gasteiger partial charge in [-0.2, -0.15) is 8.61 Å². The number of hydrogen-bond acceptors (Lipinski definition) is 6. The van der Waals surface area contributed by atoms with Gasteiger partial charge in [-0.1, -0.05) is 92.6 Å². The van der Waals surface area contributed by atoms with Gasteiger partial charge >= 0.3 is 0 Å². The average molecular weight is 786 g/mol. The molecule has 0 unspecified atom stereocenters. The Bertz CT molecular complexity index is 2230. The Labute approximate surface area is 328 Å². The molecule has 0 radical (unpaired) electrons. The number of unbranched alkanes of at least 4 members (excludes halogenated alkanes) is 1. The Hall–Kier alpha value is -4.16. The van der Waals surface area contributed by atoms with E-state index in [9.17, 15) is 26.4 Å². The molecule has 0 spiro atoms. The van der Waals surface area contributed by atoms with E-state index in [0.717, 1.165) is 22.3 Å². The first-order valence-corrected chi connectivity index (χ1v) is 21.8. The number of imide groups is 1. The molecule has 1 aliphatic rings. The first-order chi connectivity index (χ1) is 25.7. The summed E-state index contributed by atoms with van der Waals surface area (Å²) >= 11 is 0. The maximum absolute atomic E-state index is 14.5. The maximum atomic E-state index is 14.5. The summed E-state index contributed by atoms with van der Waals surface area (Å²) in [7, 11) is -7.92. The Morgan fingerprint density at radius 3 is 1.40 bits per heavy atom. The van der Waals surface area contributed by atoms with Gasteiger partial charge in [-0.15, -0.1) is 0 Å². The molecule has 11 heteroatoms. The molecule has 0 N–H and O–H groups in total. The van der Waals surface area contributed by atoms with Crippen molar-refractivity contribution in [3.8, 4) is 0 Å². The Kier molecular flexibility index (Phi) is 12.6.